The molecule has 108 valence electrons. The van der Waals surface area contributed by atoms with E-state index in [0.29, 0.717) is 19.0 Å². The van der Waals surface area contributed by atoms with Crippen LogP contribution in [0.2, 0.25) is 0 Å². The minimum absolute atomic E-state index is 0.00878. The van der Waals surface area contributed by atoms with Crippen molar-refractivity contribution in [3.8, 4) is 0 Å². The summed E-state index contributed by atoms with van der Waals surface area (Å²) in [5, 5.41) is 3.33. The van der Waals surface area contributed by atoms with Crippen LogP contribution >= 0.6 is 0 Å². The van der Waals surface area contributed by atoms with Crippen molar-refractivity contribution in [2.75, 3.05) is 26.2 Å². The number of hydrogen-bond donors (Lipinski definition) is 2. The fraction of sp³-hybridized carbons (Fsp3) is 1.00. The van der Waals surface area contributed by atoms with E-state index in [4.69, 9.17) is 0 Å². The zero-order chi connectivity index (χ0) is 13.6. The molecule has 0 amide bonds. The Labute approximate surface area is 112 Å². The lowest BCUT2D eigenvalue weighted by Crippen LogP contribution is -2.48. The summed E-state index contributed by atoms with van der Waals surface area (Å²) in [5.41, 5.74) is 0. The first-order valence-electron chi connectivity index (χ1n) is 6.97. The molecule has 0 aromatic rings. The van der Waals surface area contributed by atoms with Crippen LogP contribution < -0.4 is 10.0 Å². The molecule has 1 fully saturated rings. The van der Waals surface area contributed by atoms with Crippen molar-refractivity contribution < 1.29 is 8.42 Å². The molecular weight excluding hydrogens is 250 g/mol. The van der Waals surface area contributed by atoms with Gasteiger partial charge in [0.1, 0.15) is 0 Å². The Morgan fingerprint density at radius 1 is 1.28 bits per heavy atom. The first-order chi connectivity index (χ1) is 8.49. The zero-order valence-corrected chi connectivity index (χ0v) is 12.6. The molecule has 1 saturated heterocycles. The molecule has 5 nitrogen and oxygen atoms in total. The molecule has 1 unspecified atom stereocenters. The van der Waals surface area contributed by atoms with E-state index in [9.17, 15) is 8.42 Å². The van der Waals surface area contributed by atoms with Gasteiger partial charge in [-0.15, -0.1) is 0 Å². The summed E-state index contributed by atoms with van der Waals surface area (Å²) in [4.78, 5) is 0. The summed E-state index contributed by atoms with van der Waals surface area (Å²) in [6.07, 6.45) is 2.72. The minimum Gasteiger partial charge on any atom is -0.317 e. The fourth-order valence-corrected chi connectivity index (χ4v) is 3.63. The summed E-state index contributed by atoms with van der Waals surface area (Å²) in [5.74, 6) is 0.611. The molecule has 1 atom stereocenters. The molecule has 0 aromatic heterocycles. The summed E-state index contributed by atoms with van der Waals surface area (Å²) in [6.45, 7) is 9.24. The van der Waals surface area contributed by atoms with Gasteiger partial charge in [0.15, 0.2) is 0 Å². The van der Waals surface area contributed by atoms with Crippen molar-refractivity contribution in [3.05, 3.63) is 0 Å². The van der Waals surface area contributed by atoms with Crippen LogP contribution in [0.15, 0.2) is 0 Å². The Morgan fingerprint density at radius 2 is 1.89 bits per heavy atom. The van der Waals surface area contributed by atoms with Gasteiger partial charge >= 0.3 is 0 Å². The van der Waals surface area contributed by atoms with Crippen LogP contribution in [0.25, 0.3) is 0 Å². The predicted octanol–water partition coefficient (Wildman–Crippen LogP) is 0.941. The molecule has 1 aliphatic rings. The number of piperidine rings is 1. The summed E-state index contributed by atoms with van der Waals surface area (Å²) >= 11 is 0. The Kier molecular flexibility index (Phi) is 6.55. The second kappa shape index (κ2) is 7.43. The SMILES string of the molecule is CCNCC1CCN(S(=O)(=O)NC(C)CC)CC1. The van der Waals surface area contributed by atoms with E-state index in [-0.39, 0.29) is 6.04 Å². The minimum atomic E-state index is -3.28. The van der Waals surface area contributed by atoms with Crippen molar-refractivity contribution in [1.82, 2.24) is 14.3 Å². The maximum absolute atomic E-state index is 12.1. The molecule has 1 heterocycles. The molecule has 0 spiro atoms. The zero-order valence-electron chi connectivity index (χ0n) is 11.8. The van der Waals surface area contributed by atoms with Crippen LogP contribution in [0.3, 0.4) is 0 Å². The lowest BCUT2D eigenvalue weighted by molar-refractivity contribution is 0.265. The average molecular weight is 277 g/mol. The summed E-state index contributed by atoms with van der Waals surface area (Å²) in [6, 6.07) is 0.00878. The Bertz CT molecular complexity index is 324. The number of rotatable bonds is 7. The second-order valence-electron chi connectivity index (χ2n) is 5.08. The molecule has 0 saturated carbocycles. The number of hydrogen-bond acceptors (Lipinski definition) is 3. The van der Waals surface area contributed by atoms with Crippen molar-refractivity contribution in [2.24, 2.45) is 5.92 Å². The molecule has 1 aliphatic heterocycles. The first kappa shape index (κ1) is 15.9. The van der Waals surface area contributed by atoms with Crippen molar-refractivity contribution in [2.45, 2.75) is 46.1 Å². The van der Waals surface area contributed by atoms with Crippen LogP contribution in [0.4, 0.5) is 0 Å². The molecule has 0 aliphatic carbocycles. The fourth-order valence-electron chi connectivity index (χ4n) is 2.11. The molecule has 0 bridgehead atoms. The first-order valence-corrected chi connectivity index (χ1v) is 8.41. The third kappa shape index (κ3) is 4.84. The van der Waals surface area contributed by atoms with Gasteiger partial charge in [-0.05, 0) is 45.2 Å². The third-order valence-corrected chi connectivity index (χ3v) is 5.30. The van der Waals surface area contributed by atoms with Gasteiger partial charge in [-0.2, -0.15) is 17.4 Å². The lowest BCUT2D eigenvalue weighted by Gasteiger charge is -2.32. The second-order valence-corrected chi connectivity index (χ2v) is 6.78. The molecule has 2 N–H and O–H groups in total. The van der Waals surface area contributed by atoms with Gasteiger partial charge in [-0.25, -0.2) is 0 Å². The van der Waals surface area contributed by atoms with Gasteiger partial charge in [0.25, 0.3) is 10.2 Å². The van der Waals surface area contributed by atoms with E-state index >= 15 is 0 Å². The Hall–Kier alpha value is -0.170. The average Bonchev–Trinajstić information content (AvgIpc) is 2.36. The van der Waals surface area contributed by atoms with Crippen LogP contribution in [-0.2, 0) is 10.2 Å². The molecule has 6 heteroatoms. The quantitative estimate of drug-likeness (QED) is 0.728. The van der Waals surface area contributed by atoms with Gasteiger partial charge in [-0.1, -0.05) is 13.8 Å². The topological polar surface area (TPSA) is 61.4 Å². The van der Waals surface area contributed by atoms with Crippen molar-refractivity contribution in [1.29, 1.82) is 0 Å². The highest BCUT2D eigenvalue weighted by Crippen LogP contribution is 2.18. The highest BCUT2D eigenvalue weighted by molar-refractivity contribution is 7.87. The third-order valence-electron chi connectivity index (χ3n) is 3.56. The van der Waals surface area contributed by atoms with Crippen molar-refractivity contribution >= 4 is 10.2 Å². The van der Waals surface area contributed by atoms with E-state index in [1.54, 1.807) is 4.31 Å². The van der Waals surface area contributed by atoms with E-state index < -0.39 is 10.2 Å². The Morgan fingerprint density at radius 3 is 2.39 bits per heavy atom. The summed E-state index contributed by atoms with van der Waals surface area (Å²) < 4.78 is 28.5. The highest BCUT2D eigenvalue weighted by Gasteiger charge is 2.28. The van der Waals surface area contributed by atoms with E-state index in [1.807, 2.05) is 13.8 Å². The van der Waals surface area contributed by atoms with E-state index in [0.717, 1.165) is 32.4 Å². The smallest absolute Gasteiger partial charge is 0.279 e. The highest BCUT2D eigenvalue weighted by atomic mass is 32.2. The predicted molar refractivity (Wildman–Crippen MR) is 74.6 cm³/mol. The maximum atomic E-state index is 12.1. The molecule has 0 radical (unpaired) electrons. The number of nitrogens with zero attached hydrogens (tertiary/aromatic N) is 1. The molecule has 1 rings (SSSR count). The van der Waals surface area contributed by atoms with Gasteiger partial charge in [-0.3, -0.25) is 0 Å². The maximum Gasteiger partial charge on any atom is 0.279 e. The van der Waals surface area contributed by atoms with Gasteiger partial charge in [0, 0.05) is 19.1 Å². The van der Waals surface area contributed by atoms with Crippen LogP contribution in [0.5, 0.6) is 0 Å². The Balaban J connectivity index is 2.42. The summed E-state index contributed by atoms with van der Waals surface area (Å²) in [7, 11) is -3.28. The van der Waals surface area contributed by atoms with Gasteiger partial charge < -0.3 is 5.32 Å². The van der Waals surface area contributed by atoms with E-state index in [1.165, 1.54) is 0 Å². The molecular formula is C12H27N3O2S. The van der Waals surface area contributed by atoms with Crippen molar-refractivity contribution in [3.63, 3.8) is 0 Å². The van der Waals surface area contributed by atoms with Crippen LogP contribution in [-0.4, -0.2) is 44.9 Å². The van der Waals surface area contributed by atoms with Crippen LogP contribution in [0, 0.1) is 5.92 Å². The largest absolute Gasteiger partial charge is 0.317 e. The number of nitrogens with one attached hydrogen (secondary N) is 2. The monoisotopic (exact) mass is 277 g/mol. The van der Waals surface area contributed by atoms with Gasteiger partial charge in [0.2, 0.25) is 0 Å². The standard InChI is InChI=1S/C12H27N3O2S/c1-4-11(3)14-18(16,17)15-8-6-12(7-9-15)10-13-5-2/h11-14H,4-10H2,1-3H3. The molecule has 0 aromatic carbocycles. The van der Waals surface area contributed by atoms with E-state index in [2.05, 4.69) is 17.0 Å². The lowest BCUT2D eigenvalue weighted by atomic mass is 9.98. The van der Waals surface area contributed by atoms with Gasteiger partial charge in [0.05, 0.1) is 0 Å². The normalized spacial score (nSPS) is 21.1. The molecule has 18 heavy (non-hydrogen) atoms. The van der Waals surface area contributed by atoms with Crippen LogP contribution in [0.1, 0.15) is 40.0 Å².